The van der Waals surface area contributed by atoms with Gasteiger partial charge in [-0.3, -0.25) is 4.79 Å². The highest BCUT2D eigenvalue weighted by molar-refractivity contribution is 5.69. The second-order valence-electron chi connectivity index (χ2n) is 10.1. The Kier molecular flexibility index (Phi) is 9.04. The van der Waals surface area contributed by atoms with Gasteiger partial charge in [0.25, 0.3) is 0 Å². The zero-order chi connectivity index (χ0) is 21.5. The lowest BCUT2D eigenvalue weighted by Crippen LogP contribution is -2.18. The predicted molar refractivity (Wildman–Crippen MR) is 118 cm³/mol. The van der Waals surface area contributed by atoms with Crippen molar-refractivity contribution in [3.63, 3.8) is 0 Å². The maximum atomic E-state index is 12.3. The molecule has 3 heteroatoms. The highest BCUT2D eigenvalue weighted by Gasteiger charge is 2.26. The smallest absolute Gasteiger partial charge is 0.306 e. The second kappa shape index (κ2) is 10.3. The number of benzene rings is 1. The molecule has 0 radical (unpaired) electrons. The lowest BCUT2D eigenvalue weighted by Gasteiger charge is -2.28. The Morgan fingerprint density at radius 1 is 1.04 bits per heavy atom. The van der Waals surface area contributed by atoms with E-state index in [-0.39, 0.29) is 16.8 Å². The van der Waals surface area contributed by atoms with Crippen molar-refractivity contribution in [1.82, 2.24) is 0 Å². The quantitative estimate of drug-likeness (QED) is 0.478. The number of hydrogen-bond donors (Lipinski definition) is 1. The summed E-state index contributed by atoms with van der Waals surface area (Å²) < 4.78 is 5.54. The first-order valence-electron chi connectivity index (χ1n) is 10.9. The Balaban J connectivity index is 2.85. The zero-order valence-corrected chi connectivity index (χ0v) is 19.4. The van der Waals surface area contributed by atoms with Crippen LogP contribution in [0, 0.1) is 5.92 Å². The minimum atomic E-state index is -0.159. The van der Waals surface area contributed by atoms with E-state index in [1.165, 1.54) is 12.8 Å². The van der Waals surface area contributed by atoms with Crippen LogP contribution in [0.2, 0.25) is 0 Å². The molecule has 1 unspecified atom stereocenters. The highest BCUT2D eigenvalue weighted by atomic mass is 16.5. The summed E-state index contributed by atoms with van der Waals surface area (Å²) in [6.07, 6.45) is 5.56. The lowest BCUT2D eigenvalue weighted by molar-refractivity contribution is -0.145. The number of phenols is 1. The van der Waals surface area contributed by atoms with Crippen LogP contribution in [0.15, 0.2) is 12.1 Å². The minimum absolute atomic E-state index is 0.127. The minimum Gasteiger partial charge on any atom is -0.507 e. The first-order valence-corrected chi connectivity index (χ1v) is 10.9. The van der Waals surface area contributed by atoms with E-state index in [4.69, 9.17) is 4.74 Å². The normalized spacial score (nSPS) is 13.4. The summed E-state index contributed by atoms with van der Waals surface area (Å²) in [7, 11) is 0. The topological polar surface area (TPSA) is 46.5 Å². The standard InChI is InChI=1S/C25H42O3/c1-9-11-12-18(10-2)17-28-22(26)14-13-19-15-20(24(3,4)5)23(27)21(16-19)25(6,7)8/h15-16,18,27H,9-14,17H2,1-8H3. The largest absolute Gasteiger partial charge is 0.507 e. The van der Waals surface area contributed by atoms with Crippen LogP contribution < -0.4 is 0 Å². The van der Waals surface area contributed by atoms with Crippen molar-refractivity contribution in [3.8, 4) is 5.75 Å². The first kappa shape index (κ1) is 24.5. The molecule has 0 fully saturated rings. The van der Waals surface area contributed by atoms with Crippen molar-refractivity contribution in [2.75, 3.05) is 6.61 Å². The molecule has 1 rings (SSSR count). The molecule has 3 nitrogen and oxygen atoms in total. The second-order valence-corrected chi connectivity index (χ2v) is 10.1. The van der Waals surface area contributed by atoms with Crippen LogP contribution in [0.25, 0.3) is 0 Å². The van der Waals surface area contributed by atoms with Crippen LogP contribution in [-0.2, 0) is 26.8 Å². The van der Waals surface area contributed by atoms with Crippen LogP contribution >= 0.6 is 0 Å². The van der Waals surface area contributed by atoms with Gasteiger partial charge in [-0.15, -0.1) is 0 Å². The van der Waals surface area contributed by atoms with E-state index in [1.807, 2.05) is 12.1 Å². The van der Waals surface area contributed by atoms with Gasteiger partial charge in [0.1, 0.15) is 5.75 Å². The maximum absolute atomic E-state index is 12.3. The Labute approximate surface area is 172 Å². The zero-order valence-electron chi connectivity index (χ0n) is 19.4. The van der Waals surface area contributed by atoms with E-state index in [0.29, 0.717) is 31.1 Å². The molecule has 1 N–H and O–H groups in total. The Hall–Kier alpha value is -1.51. The molecule has 1 atom stereocenters. The molecule has 0 heterocycles. The lowest BCUT2D eigenvalue weighted by atomic mass is 9.78. The van der Waals surface area contributed by atoms with Gasteiger partial charge in [0.05, 0.1) is 6.61 Å². The first-order chi connectivity index (χ1) is 12.9. The molecule has 160 valence electrons. The summed E-state index contributed by atoms with van der Waals surface area (Å²) in [6, 6.07) is 4.10. The molecule has 0 saturated carbocycles. The molecular weight excluding hydrogens is 348 g/mol. The fourth-order valence-electron chi connectivity index (χ4n) is 3.41. The third-order valence-electron chi connectivity index (χ3n) is 5.43. The molecule has 0 bridgehead atoms. The van der Waals surface area contributed by atoms with Crippen LogP contribution in [0.5, 0.6) is 5.75 Å². The molecule has 0 aliphatic heterocycles. The average Bonchev–Trinajstić information content (AvgIpc) is 2.58. The molecule has 0 amide bonds. The van der Waals surface area contributed by atoms with E-state index >= 15 is 0 Å². The van der Waals surface area contributed by atoms with Gasteiger partial charge in [-0.1, -0.05) is 86.8 Å². The summed E-state index contributed by atoms with van der Waals surface area (Å²) in [5.41, 5.74) is 2.65. The summed E-state index contributed by atoms with van der Waals surface area (Å²) in [4.78, 5) is 12.3. The van der Waals surface area contributed by atoms with Crippen LogP contribution in [0.1, 0.15) is 104 Å². The third-order valence-corrected chi connectivity index (χ3v) is 5.43. The molecule has 0 aliphatic carbocycles. The molecule has 1 aromatic carbocycles. The Bertz CT molecular complexity index is 597. The number of esters is 1. The van der Waals surface area contributed by atoms with Gasteiger partial charge in [-0.05, 0) is 46.3 Å². The van der Waals surface area contributed by atoms with E-state index < -0.39 is 0 Å². The number of ether oxygens (including phenoxy) is 1. The number of aryl methyl sites for hydroxylation is 1. The van der Waals surface area contributed by atoms with Crippen molar-refractivity contribution >= 4 is 5.97 Å². The fraction of sp³-hybridized carbons (Fsp3) is 0.720. The highest BCUT2D eigenvalue weighted by Crippen LogP contribution is 2.40. The average molecular weight is 391 g/mol. The number of rotatable bonds is 9. The van der Waals surface area contributed by atoms with Gasteiger partial charge in [0.15, 0.2) is 0 Å². The van der Waals surface area contributed by atoms with Gasteiger partial charge >= 0.3 is 5.97 Å². The fourth-order valence-corrected chi connectivity index (χ4v) is 3.41. The van der Waals surface area contributed by atoms with Crippen LogP contribution in [0.3, 0.4) is 0 Å². The predicted octanol–water partition coefficient (Wildman–Crippen LogP) is 6.68. The molecule has 0 aromatic heterocycles. The van der Waals surface area contributed by atoms with E-state index in [9.17, 15) is 9.90 Å². The van der Waals surface area contributed by atoms with Crippen LogP contribution in [0.4, 0.5) is 0 Å². The molecule has 0 aliphatic rings. The van der Waals surface area contributed by atoms with Crippen molar-refractivity contribution in [2.45, 2.75) is 105 Å². The number of carbonyl (C=O) groups excluding carboxylic acids is 1. The van der Waals surface area contributed by atoms with Crippen molar-refractivity contribution in [3.05, 3.63) is 28.8 Å². The Morgan fingerprint density at radius 3 is 2.00 bits per heavy atom. The molecular formula is C25H42O3. The summed E-state index contributed by atoms with van der Waals surface area (Å²) in [5.74, 6) is 0.725. The van der Waals surface area contributed by atoms with Gasteiger partial charge in [0.2, 0.25) is 0 Å². The number of hydrogen-bond acceptors (Lipinski definition) is 3. The van der Waals surface area contributed by atoms with Crippen molar-refractivity contribution in [1.29, 1.82) is 0 Å². The van der Waals surface area contributed by atoms with Crippen molar-refractivity contribution < 1.29 is 14.6 Å². The van der Waals surface area contributed by atoms with Crippen molar-refractivity contribution in [2.24, 2.45) is 5.92 Å². The summed E-state index contributed by atoms with van der Waals surface area (Å²) >= 11 is 0. The molecule has 1 aromatic rings. The summed E-state index contributed by atoms with van der Waals surface area (Å²) in [5, 5.41) is 10.8. The van der Waals surface area contributed by atoms with Gasteiger partial charge in [-0.2, -0.15) is 0 Å². The van der Waals surface area contributed by atoms with Crippen LogP contribution in [-0.4, -0.2) is 17.7 Å². The molecule has 28 heavy (non-hydrogen) atoms. The summed E-state index contributed by atoms with van der Waals surface area (Å²) in [6.45, 7) is 17.5. The monoisotopic (exact) mass is 390 g/mol. The number of aromatic hydroxyl groups is 1. The molecule has 0 saturated heterocycles. The number of phenolic OH excluding ortho intramolecular Hbond substituents is 1. The van der Waals surface area contributed by atoms with Gasteiger partial charge in [-0.25, -0.2) is 0 Å². The van der Waals surface area contributed by atoms with E-state index in [1.54, 1.807) is 0 Å². The van der Waals surface area contributed by atoms with Gasteiger partial charge < -0.3 is 9.84 Å². The Morgan fingerprint density at radius 2 is 1.57 bits per heavy atom. The van der Waals surface area contributed by atoms with Gasteiger partial charge in [0, 0.05) is 6.42 Å². The van der Waals surface area contributed by atoms with E-state index in [2.05, 4.69) is 55.4 Å². The van der Waals surface area contributed by atoms with E-state index in [0.717, 1.165) is 29.5 Å². The maximum Gasteiger partial charge on any atom is 0.306 e. The SMILES string of the molecule is CCCCC(CC)COC(=O)CCc1cc(C(C)(C)C)c(O)c(C(C)(C)C)c1. The third kappa shape index (κ3) is 7.48. The number of carbonyl (C=O) groups is 1. The number of unbranched alkanes of at least 4 members (excludes halogenated alkanes) is 1. The molecule has 0 spiro atoms.